The molecule has 6 heteroatoms. The molecule has 1 unspecified atom stereocenters. The van der Waals surface area contributed by atoms with Crippen LogP contribution in [0, 0.1) is 0 Å². The van der Waals surface area contributed by atoms with Gasteiger partial charge in [-0.2, -0.15) is 0 Å². The Kier molecular flexibility index (Phi) is 4.84. The summed E-state index contributed by atoms with van der Waals surface area (Å²) in [5.41, 5.74) is 0.310. The summed E-state index contributed by atoms with van der Waals surface area (Å²) in [6.45, 7) is 2.06. The van der Waals surface area contributed by atoms with Crippen molar-refractivity contribution in [3.05, 3.63) is 11.6 Å². The van der Waals surface area contributed by atoms with Gasteiger partial charge < -0.3 is 10.4 Å². The van der Waals surface area contributed by atoms with E-state index in [-0.39, 0.29) is 11.8 Å². The molecule has 1 fully saturated rings. The third-order valence-corrected chi connectivity index (χ3v) is 2.61. The maximum Gasteiger partial charge on any atom is 0.331 e. The Morgan fingerprint density at radius 2 is 2.29 bits per heavy atom. The van der Waals surface area contributed by atoms with Gasteiger partial charge in [-0.15, -0.1) is 0 Å². The van der Waals surface area contributed by atoms with Gasteiger partial charge in [-0.05, 0) is 12.8 Å². The number of imide groups is 1. The molecule has 6 nitrogen and oxygen atoms in total. The van der Waals surface area contributed by atoms with Gasteiger partial charge in [0, 0.05) is 18.5 Å². The van der Waals surface area contributed by atoms with Crippen LogP contribution in [-0.2, 0) is 14.4 Å². The van der Waals surface area contributed by atoms with Crippen LogP contribution >= 0.6 is 0 Å². The predicted molar refractivity (Wildman–Crippen MR) is 60.2 cm³/mol. The molecule has 0 radical (unpaired) electrons. The van der Waals surface area contributed by atoms with Crippen molar-refractivity contribution in [2.45, 2.75) is 32.2 Å². The van der Waals surface area contributed by atoms with E-state index in [1.54, 1.807) is 13.0 Å². The highest BCUT2D eigenvalue weighted by Gasteiger charge is 2.25. The summed E-state index contributed by atoms with van der Waals surface area (Å²) >= 11 is 0. The molecule has 1 heterocycles. The third kappa shape index (κ3) is 3.99. The molecule has 17 heavy (non-hydrogen) atoms. The minimum absolute atomic E-state index is 0.261. The van der Waals surface area contributed by atoms with Crippen LogP contribution in [0.15, 0.2) is 11.6 Å². The average molecular weight is 240 g/mol. The number of carbonyl (C=O) groups excluding carboxylic acids is 2. The first kappa shape index (κ1) is 13.4. The fourth-order valence-corrected chi connectivity index (χ4v) is 1.60. The van der Waals surface area contributed by atoms with E-state index in [0.29, 0.717) is 31.4 Å². The Morgan fingerprint density at radius 1 is 1.59 bits per heavy atom. The lowest BCUT2D eigenvalue weighted by molar-refractivity contribution is -0.135. The standard InChI is InChI=1S/C11H16N2O4/c1-2-7(11(16)17)5-6-12-8-3-4-9(14)13-10(8)15/h5,8,12H,2-4,6H2,1H3,(H,16,17)(H,13,14,15). The number of carboxylic acids is 1. The number of hydrogen-bond donors (Lipinski definition) is 3. The molecular weight excluding hydrogens is 224 g/mol. The molecular formula is C11H16N2O4. The topological polar surface area (TPSA) is 95.5 Å². The molecule has 0 spiro atoms. The highest BCUT2D eigenvalue weighted by Crippen LogP contribution is 2.04. The molecule has 94 valence electrons. The molecule has 0 aromatic rings. The van der Waals surface area contributed by atoms with Crippen LogP contribution in [0.25, 0.3) is 0 Å². The minimum atomic E-state index is -0.947. The fourth-order valence-electron chi connectivity index (χ4n) is 1.60. The van der Waals surface area contributed by atoms with Crippen molar-refractivity contribution in [2.24, 2.45) is 0 Å². The Labute approximate surface area is 99.1 Å². The number of carbonyl (C=O) groups is 3. The quantitative estimate of drug-likeness (QED) is 0.457. The molecule has 1 saturated heterocycles. The summed E-state index contributed by atoms with van der Waals surface area (Å²) in [5.74, 6) is -1.55. The lowest BCUT2D eigenvalue weighted by Gasteiger charge is -2.21. The lowest BCUT2D eigenvalue weighted by atomic mass is 10.1. The second-order valence-corrected chi connectivity index (χ2v) is 3.80. The van der Waals surface area contributed by atoms with Crippen LogP contribution in [0.5, 0.6) is 0 Å². The second-order valence-electron chi connectivity index (χ2n) is 3.80. The van der Waals surface area contributed by atoms with E-state index in [1.807, 2.05) is 0 Å². The van der Waals surface area contributed by atoms with E-state index < -0.39 is 12.0 Å². The third-order valence-electron chi connectivity index (χ3n) is 2.61. The molecule has 1 atom stereocenters. The molecule has 0 aromatic heterocycles. The van der Waals surface area contributed by atoms with Gasteiger partial charge in [-0.25, -0.2) is 4.79 Å². The zero-order chi connectivity index (χ0) is 12.8. The van der Waals surface area contributed by atoms with E-state index in [9.17, 15) is 14.4 Å². The molecule has 1 rings (SSSR count). The summed E-state index contributed by atoms with van der Waals surface area (Å²) in [5, 5.41) is 13.9. The number of carboxylic acid groups (broad SMARTS) is 1. The Bertz CT molecular complexity index is 362. The Morgan fingerprint density at radius 3 is 2.82 bits per heavy atom. The molecule has 0 aromatic carbocycles. The van der Waals surface area contributed by atoms with Crippen LogP contribution in [0.1, 0.15) is 26.2 Å². The van der Waals surface area contributed by atoms with Crippen LogP contribution < -0.4 is 10.6 Å². The number of aliphatic carboxylic acids is 1. The van der Waals surface area contributed by atoms with Gasteiger partial charge in [0.1, 0.15) is 0 Å². The lowest BCUT2D eigenvalue weighted by Crippen LogP contribution is -2.50. The summed E-state index contributed by atoms with van der Waals surface area (Å²) in [4.78, 5) is 32.9. The van der Waals surface area contributed by atoms with E-state index in [4.69, 9.17) is 5.11 Å². The van der Waals surface area contributed by atoms with Crippen molar-refractivity contribution in [3.63, 3.8) is 0 Å². The number of nitrogens with one attached hydrogen (secondary N) is 2. The molecule has 2 amide bonds. The summed E-state index contributed by atoms with van der Waals surface area (Å²) < 4.78 is 0. The van der Waals surface area contributed by atoms with E-state index >= 15 is 0 Å². The maximum atomic E-state index is 11.4. The van der Waals surface area contributed by atoms with Crippen molar-refractivity contribution in [1.82, 2.24) is 10.6 Å². The van der Waals surface area contributed by atoms with Gasteiger partial charge in [0.15, 0.2) is 0 Å². The van der Waals surface area contributed by atoms with Gasteiger partial charge in [0.2, 0.25) is 11.8 Å². The van der Waals surface area contributed by atoms with Crippen LogP contribution in [0.4, 0.5) is 0 Å². The molecule has 1 aliphatic rings. The van der Waals surface area contributed by atoms with Crippen LogP contribution in [0.2, 0.25) is 0 Å². The normalized spacial score (nSPS) is 21.2. The number of piperidine rings is 1. The van der Waals surface area contributed by atoms with Gasteiger partial charge in [-0.1, -0.05) is 13.0 Å². The molecule has 3 N–H and O–H groups in total. The largest absolute Gasteiger partial charge is 0.478 e. The SMILES string of the molecule is CCC(=CCNC1CCC(=O)NC1=O)C(=O)O. The van der Waals surface area contributed by atoms with Crippen molar-refractivity contribution < 1.29 is 19.5 Å². The summed E-state index contributed by atoms with van der Waals surface area (Å²) in [6, 6.07) is -0.421. The van der Waals surface area contributed by atoms with Crippen molar-refractivity contribution in [2.75, 3.05) is 6.54 Å². The van der Waals surface area contributed by atoms with E-state index in [0.717, 1.165) is 0 Å². The van der Waals surface area contributed by atoms with E-state index in [1.165, 1.54) is 0 Å². The molecule has 0 aliphatic carbocycles. The first-order valence-electron chi connectivity index (χ1n) is 5.54. The van der Waals surface area contributed by atoms with Gasteiger partial charge in [0.25, 0.3) is 0 Å². The van der Waals surface area contributed by atoms with Crippen LogP contribution in [-0.4, -0.2) is 35.5 Å². The number of hydrogen-bond acceptors (Lipinski definition) is 4. The van der Waals surface area contributed by atoms with Crippen molar-refractivity contribution in [1.29, 1.82) is 0 Å². The maximum absolute atomic E-state index is 11.4. The summed E-state index contributed by atoms with van der Waals surface area (Å²) in [7, 11) is 0. The first-order valence-corrected chi connectivity index (χ1v) is 5.54. The van der Waals surface area contributed by atoms with Gasteiger partial charge in [-0.3, -0.25) is 14.9 Å². The minimum Gasteiger partial charge on any atom is -0.478 e. The second kappa shape index (κ2) is 6.15. The van der Waals surface area contributed by atoms with Gasteiger partial charge in [0.05, 0.1) is 6.04 Å². The smallest absolute Gasteiger partial charge is 0.331 e. The highest BCUT2D eigenvalue weighted by atomic mass is 16.4. The fraction of sp³-hybridized carbons (Fsp3) is 0.545. The van der Waals surface area contributed by atoms with Crippen molar-refractivity contribution >= 4 is 17.8 Å². The first-order chi connectivity index (χ1) is 8.04. The zero-order valence-electron chi connectivity index (χ0n) is 9.66. The van der Waals surface area contributed by atoms with E-state index in [2.05, 4.69) is 10.6 Å². The van der Waals surface area contributed by atoms with Gasteiger partial charge >= 0.3 is 5.97 Å². The summed E-state index contributed by atoms with van der Waals surface area (Å²) in [6.07, 6.45) is 2.75. The monoisotopic (exact) mass is 240 g/mol. The Balaban J connectivity index is 2.43. The predicted octanol–water partition coefficient (Wildman–Crippen LogP) is -0.198. The number of rotatable bonds is 5. The number of amides is 2. The Hall–Kier alpha value is -1.69. The molecule has 0 bridgehead atoms. The highest BCUT2D eigenvalue weighted by molar-refractivity contribution is 6.00. The molecule has 1 aliphatic heterocycles. The average Bonchev–Trinajstić information content (AvgIpc) is 2.26. The van der Waals surface area contributed by atoms with Crippen LogP contribution in [0.3, 0.4) is 0 Å². The van der Waals surface area contributed by atoms with Crippen molar-refractivity contribution in [3.8, 4) is 0 Å². The zero-order valence-corrected chi connectivity index (χ0v) is 9.66. The molecule has 0 saturated carbocycles.